The third-order valence-corrected chi connectivity index (χ3v) is 3.71. The Balaban J connectivity index is 2.41. The summed E-state index contributed by atoms with van der Waals surface area (Å²) < 4.78 is 1.39. The van der Waals surface area contributed by atoms with Gasteiger partial charge in [-0.25, -0.2) is 0 Å². The topological polar surface area (TPSA) is 84.8 Å². The maximum absolute atomic E-state index is 11.2. The van der Waals surface area contributed by atoms with Gasteiger partial charge >= 0.3 is 11.1 Å². The van der Waals surface area contributed by atoms with Crippen LogP contribution >= 0.6 is 11.8 Å². The van der Waals surface area contributed by atoms with Crippen LogP contribution in [0.25, 0.3) is 0 Å². The molecule has 6 nitrogen and oxygen atoms in total. The number of nitrogens with one attached hydrogen (secondary N) is 1. The number of hydrogen-bond donors (Lipinski definition) is 1. The van der Waals surface area contributed by atoms with Crippen molar-refractivity contribution in [2.24, 2.45) is 7.05 Å². The van der Waals surface area contributed by atoms with Crippen molar-refractivity contribution < 1.29 is 4.79 Å². The van der Waals surface area contributed by atoms with E-state index in [-0.39, 0.29) is 0 Å². The smallest absolute Gasteiger partial charge is 0.298 e. The summed E-state index contributed by atoms with van der Waals surface area (Å²) in [4.78, 5) is 37.6. The number of benzene rings is 1. The molecule has 0 aliphatic heterocycles. The molecule has 0 saturated carbocycles. The number of carbonyl (C=O) groups is 1. The maximum Gasteiger partial charge on any atom is 0.339 e. The number of nitrogens with zero attached hydrogens (tertiary/aromatic N) is 2. The van der Waals surface area contributed by atoms with Gasteiger partial charge in [0.15, 0.2) is 5.16 Å². The van der Waals surface area contributed by atoms with Crippen molar-refractivity contribution in [3.05, 3.63) is 50.0 Å². The second-order valence-electron chi connectivity index (χ2n) is 3.94. The van der Waals surface area contributed by atoms with Gasteiger partial charge in [-0.2, -0.15) is 4.98 Å². The second kappa shape index (κ2) is 5.23. The predicted octanol–water partition coefficient (Wildman–Crippen LogP) is 0.741. The van der Waals surface area contributed by atoms with E-state index in [1.54, 1.807) is 25.2 Å². The molecule has 1 aromatic heterocycles. The van der Waals surface area contributed by atoms with E-state index in [9.17, 15) is 14.4 Å². The van der Waals surface area contributed by atoms with E-state index in [0.29, 0.717) is 10.7 Å². The highest BCUT2D eigenvalue weighted by Crippen LogP contribution is 2.27. The number of aryl methyl sites for hydroxylation is 2. The molecule has 2 rings (SSSR count). The molecule has 0 unspecified atom stereocenters. The normalized spacial score (nSPS) is 10.4. The first-order valence-corrected chi connectivity index (χ1v) is 6.24. The van der Waals surface area contributed by atoms with Crippen molar-refractivity contribution in [2.45, 2.75) is 17.0 Å². The molecule has 0 aliphatic carbocycles. The predicted molar refractivity (Wildman–Crippen MR) is 70.8 cm³/mol. The summed E-state index contributed by atoms with van der Waals surface area (Å²) in [5, 5.41) is 2.76. The average Bonchev–Trinajstić information content (AvgIpc) is 2.38. The van der Waals surface area contributed by atoms with Gasteiger partial charge in [-0.05, 0) is 36.4 Å². The molecule has 1 N–H and O–H groups in total. The molecule has 0 radical (unpaired) electrons. The minimum Gasteiger partial charge on any atom is -0.298 e. The Morgan fingerprint density at radius 1 is 1.37 bits per heavy atom. The first-order chi connectivity index (χ1) is 9.01. The number of aromatic nitrogens is 3. The van der Waals surface area contributed by atoms with Crippen LogP contribution in [-0.2, 0) is 7.05 Å². The Labute approximate surface area is 112 Å². The fourth-order valence-corrected chi connectivity index (χ4v) is 2.37. The van der Waals surface area contributed by atoms with Gasteiger partial charge in [0.05, 0.1) is 0 Å². The van der Waals surface area contributed by atoms with Crippen LogP contribution in [0.3, 0.4) is 0 Å². The van der Waals surface area contributed by atoms with Gasteiger partial charge in [0.2, 0.25) is 0 Å². The highest BCUT2D eigenvalue weighted by atomic mass is 32.2. The summed E-state index contributed by atoms with van der Waals surface area (Å²) >= 11 is 1.25. The van der Waals surface area contributed by atoms with Gasteiger partial charge in [-0.15, -0.1) is 0 Å². The van der Waals surface area contributed by atoms with E-state index < -0.39 is 11.1 Å². The summed E-state index contributed by atoms with van der Waals surface area (Å²) in [5.41, 5.74) is -0.0807. The molecule has 0 aliphatic rings. The van der Waals surface area contributed by atoms with Gasteiger partial charge in [-0.3, -0.25) is 24.2 Å². The molecule has 0 bridgehead atoms. The van der Waals surface area contributed by atoms with Crippen molar-refractivity contribution in [3.63, 3.8) is 0 Å². The maximum atomic E-state index is 11.2. The molecule has 0 amide bonds. The third kappa shape index (κ3) is 2.82. The number of carbonyl (C=O) groups excluding carboxylic acids is 1. The first-order valence-electron chi connectivity index (χ1n) is 5.42. The summed E-state index contributed by atoms with van der Waals surface area (Å²) in [6, 6.07) is 5.21. The fraction of sp³-hybridized carbons (Fsp3) is 0.167. The molecule has 19 heavy (non-hydrogen) atoms. The van der Waals surface area contributed by atoms with E-state index >= 15 is 0 Å². The number of aldehydes is 1. The molecule has 7 heteroatoms. The van der Waals surface area contributed by atoms with Gasteiger partial charge in [-0.1, -0.05) is 6.07 Å². The lowest BCUT2D eigenvalue weighted by atomic mass is 10.2. The zero-order valence-electron chi connectivity index (χ0n) is 10.3. The van der Waals surface area contributed by atoms with Crippen molar-refractivity contribution in [3.8, 4) is 0 Å². The summed E-state index contributed by atoms with van der Waals surface area (Å²) in [5.74, 6) is 0. The zero-order valence-corrected chi connectivity index (χ0v) is 11.2. The van der Waals surface area contributed by atoms with Crippen molar-refractivity contribution >= 4 is 18.0 Å². The van der Waals surface area contributed by atoms with E-state index in [4.69, 9.17) is 0 Å². The zero-order chi connectivity index (χ0) is 14.0. The molecule has 0 fully saturated rings. The average molecular weight is 277 g/mol. The summed E-state index contributed by atoms with van der Waals surface area (Å²) in [7, 11) is 1.60. The second-order valence-corrected chi connectivity index (χ2v) is 4.95. The molecular weight excluding hydrogens is 266 g/mol. The molecule has 98 valence electrons. The van der Waals surface area contributed by atoms with Crippen LogP contribution in [0.15, 0.2) is 37.8 Å². The summed E-state index contributed by atoms with van der Waals surface area (Å²) in [6.07, 6.45) is 0.773. The Morgan fingerprint density at radius 2 is 2.11 bits per heavy atom. The molecule has 1 heterocycles. The lowest BCUT2D eigenvalue weighted by Gasteiger charge is -2.08. The summed E-state index contributed by atoms with van der Waals surface area (Å²) in [6.45, 7) is 1.86. The lowest BCUT2D eigenvalue weighted by Crippen LogP contribution is -2.33. The lowest BCUT2D eigenvalue weighted by molar-refractivity contribution is 0.112. The van der Waals surface area contributed by atoms with Crippen LogP contribution in [0.2, 0.25) is 0 Å². The Morgan fingerprint density at radius 3 is 2.74 bits per heavy atom. The van der Waals surface area contributed by atoms with Crippen molar-refractivity contribution in [2.75, 3.05) is 0 Å². The van der Waals surface area contributed by atoms with Gasteiger partial charge in [0, 0.05) is 17.5 Å². The number of aromatic amines is 1. The van der Waals surface area contributed by atoms with Crippen LogP contribution in [-0.4, -0.2) is 21.1 Å². The van der Waals surface area contributed by atoms with Gasteiger partial charge in [0.25, 0.3) is 0 Å². The minimum absolute atomic E-state index is 0.381. The largest absolute Gasteiger partial charge is 0.339 e. The van der Waals surface area contributed by atoms with Gasteiger partial charge in [0.1, 0.15) is 6.29 Å². The monoisotopic (exact) mass is 277 g/mol. The molecule has 2 aromatic rings. The molecule has 0 atom stereocenters. The SMILES string of the molecule is Cc1cc(C=O)ccc1Sc1nc(=O)c(=O)[nH]n1C. The number of H-pyrrole nitrogens is 1. The van der Waals surface area contributed by atoms with Crippen LogP contribution in [0.1, 0.15) is 15.9 Å². The quantitative estimate of drug-likeness (QED) is 0.660. The first kappa shape index (κ1) is 13.3. The van der Waals surface area contributed by atoms with Crippen LogP contribution in [0.4, 0.5) is 0 Å². The standard InChI is InChI=1S/C12H11N3O3S/c1-7-5-8(6-16)3-4-9(7)19-12-13-10(17)11(18)14-15(12)2/h3-6H,1-2H3,(H,14,18). The Kier molecular flexibility index (Phi) is 3.66. The van der Waals surface area contributed by atoms with Crippen LogP contribution < -0.4 is 11.1 Å². The Hall–Kier alpha value is -2.15. The van der Waals surface area contributed by atoms with Crippen molar-refractivity contribution in [1.29, 1.82) is 0 Å². The van der Waals surface area contributed by atoms with E-state index in [1.165, 1.54) is 16.4 Å². The Bertz CT molecular complexity index is 749. The van der Waals surface area contributed by atoms with E-state index in [0.717, 1.165) is 16.7 Å². The molecule has 0 saturated heterocycles. The van der Waals surface area contributed by atoms with E-state index in [2.05, 4.69) is 10.1 Å². The van der Waals surface area contributed by atoms with Crippen molar-refractivity contribution in [1.82, 2.24) is 14.8 Å². The fourth-order valence-electron chi connectivity index (χ4n) is 1.51. The molecule has 0 spiro atoms. The number of hydrogen-bond acceptors (Lipinski definition) is 5. The number of rotatable bonds is 3. The third-order valence-electron chi connectivity index (χ3n) is 2.48. The van der Waals surface area contributed by atoms with Crippen LogP contribution in [0.5, 0.6) is 0 Å². The highest BCUT2D eigenvalue weighted by molar-refractivity contribution is 7.99. The minimum atomic E-state index is -0.817. The van der Waals surface area contributed by atoms with Gasteiger partial charge < -0.3 is 0 Å². The molecular formula is C12H11N3O3S. The highest BCUT2D eigenvalue weighted by Gasteiger charge is 2.08. The van der Waals surface area contributed by atoms with E-state index in [1.807, 2.05) is 6.92 Å². The molecule has 1 aromatic carbocycles. The van der Waals surface area contributed by atoms with Crippen LogP contribution in [0, 0.1) is 6.92 Å².